The van der Waals surface area contributed by atoms with Gasteiger partial charge >= 0.3 is 0 Å². The molecule has 0 aromatic carbocycles. The summed E-state index contributed by atoms with van der Waals surface area (Å²) in [4.78, 5) is 8.00. The maximum absolute atomic E-state index is 8.00. The molecule has 0 amide bonds. The molecule has 0 bridgehead atoms. The van der Waals surface area contributed by atoms with Crippen LogP contribution >= 0.6 is 11.3 Å². The highest BCUT2D eigenvalue weighted by molar-refractivity contribution is 7.12. The van der Waals surface area contributed by atoms with Gasteiger partial charge in [-0.15, -0.1) is 11.3 Å². The van der Waals surface area contributed by atoms with Gasteiger partial charge in [-0.2, -0.15) is 0 Å². The molecule has 60 valence electrons. The summed E-state index contributed by atoms with van der Waals surface area (Å²) in [5.41, 5.74) is 0. The lowest BCUT2D eigenvalue weighted by Gasteiger charge is -2.13. The zero-order valence-corrected chi connectivity index (χ0v) is 6.73. The molecule has 1 aromatic rings. The van der Waals surface area contributed by atoms with Crippen LogP contribution in [-0.4, -0.2) is 20.0 Å². The Hall–Kier alpha value is -1.03. The summed E-state index contributed by atoms with van der Waals surface area (Å²) in [6, 6.07) is 1.93. The van der Waals surface area contributed by atoms with Crippen molar-refractivity contribution in [1.29, 1.82) is 0 Å². The fourth-order valence-electron chi connectivity index (χ4n) is 0.782. The van der Waals surface area contributed by atoms with E-state index in [0.717, 1.165) is 10.8 Å². The average molecular weight is 172 g/mol. The molecule has 1 aromatic heterocycles. The minimum atomic E-state index is 0.684. The molecule has 11 heavy (non-hydrogen) atoms. The molecule has 2 rings (SSSR count). The van der Waals surface area contributed by atoms with E-state index in [1.54, 1.807) is 11.3 Å². The van der Waals surface area contributed by atoms with Crippen LogP contribution in [-0.2, 0) is 4.79 Å². The highest BCUT2D eigenvalue weighted by Crippen LogP contribution is 2.35. The van der Waals surface area contributed by atoms with Gasteiger partial charge in [0.05, 0.1) is 0 Å². The van der Waals surface area contributed by atoms with Gasteiger partial charge in [-0.25, -0.2) is 0 Å². The first kappa shape index (κ1) is 8.07. The van der Waals surface area contributed by atoms with Gasteiger partial charge in [-0.3, -0.25) is 0 Å². The number of carbonyl (C=O) groups is 1. The van der Waals surface area contributed by atoms with E-state index in [-0.39, 0.29) is 0 Å². The first-order valence-corrected chi connectivity index (χ1v) is 3.97. The third-order valence-corrected chi connectivity index (χ3v) is 1.98. The summed E-state index contributed by atoms with van der Waals surface area (Å²) >= 11 is 1.58. The molecule has 0 fully saturated rings. The maximum atomic E-state index is 8.00. The summed E-state index contributed by atoms with van der Waals surface area (Å²) in [7, 11) is 0. The van der Waals surface area contributed by atoms with Crippen LogP contribution in [0.2, 0.25) is 0 Å². The van der Waals surface area contributed by atoms with Crippen LogP contribution in [0.5, 0.6) is 10.8 Å². The van der Waals surface area contributed by atoms with Crippen LogP contribution in [0.1, 0.15) is 0 Å². The van der Waals surface area contributed by atoms with Gasteiger partial charge < -0.3 is 14.3 Å². The highest BCUT2D eigenvalue weighted by atomic mass is 32.1. The van der Waals surface area contributed by atoms with E-state index in [9.17, 15) is 0 Å². The third-order valence-electron chi connectivity index (χ3n) is 1.17. The van der Waals surface area contributed by atoms with Gasteiger partial charge in [-0.05, 0) is 11.4 Å². The fraction of sp³-hybridized carbons (Fsp3) is 0.286. The van der Waals surface area contributed by atoms with Crippen LogP contribution in [0, 0.1) is 0 Å². The Morgan fingerprint density at radius 2 is 2.09 bits per heavy atom. The van der Waals surface area contributed by atoms with Crippen molar-refractivity contribution in [3.8, 4) is 10.8 Å². The van der Waals surface area contributed by atoms with E-state index in [1.807, 2.05) is 18.2 Å². The molecule has 1 aliphatic rings. The predicted molar refractivity (Wildman–Crippen MR) is 42.4 cm³/mol. The molecule has 0 unspecified atom stereocenters. The smallest absolute Gasteiger partial charge is 0.217 e. The molecule has 3 nitrogen and oxygen atoms in total. The average Bonchev–Trinajstić information content (AvgIpc) is 2.55. The van der Waals surface area contributed by atoms with E-state index >= 15 is 0 Å². The number of hydrogen-bond acceptors (Lipinski definition) is 4. The number of fused-ring (bicyclic) bond motifs is 1. The number of thiophene rings is 1. The van der Waals surface area contributed by atoms with Crippen LogP contribution in [0.25, 0.3) is 0 Å². The monoisotopic (exact) mass is 172 g/mol. The Labute approximate surface area is 68.6 Å². The van der Waals surface area contributed by atoms with Crippen molar-refractivity contribution < 1.29 is 14.3 Å². The molecular formula is C7H8O3S. The lowest BCUT2D eigenvalue weighted by molar-refractivity contribution is -0.0979. The van der Waals surface area contributed by atoms with Crippen molar-refractivity contribution in [3.05, 3.63) is 11.4 Å². The molecule has 0 atom stereocenters. The molecule has 0 N–H and O–H groups in total. The number of hydrogen-bond donors (Lipinski definition) is 0. The summed E-state index contributed by atoms with van der Waals surface area (Å²) in [6.07, 6.45) is 0. The van der Waals surface area contributed by atoms with Gasteiger partial charge in [0.2, 0.25) is 5.06 Å². The number of carbonyl (C=O) groups excluding carboxylic acids is 1. The SMILES string of the molecule is C=O.c1cc2c(s1)OCCO2. The van der Waals surface area contributed by atoms with Crippen molar-refractivity contribution in [2.75, 3.05) is 13.2 Å². The first-order chi connectivity index (χ1) is 5.47. The summed E-state index contributed by atoms with van der Waals surface area (Å²) in [5, 5.41) is 2.89. The molecule has 2 heterocycles. The Bertz CT molecular complexity index is 201. The third kappa shape index (κ3) is 1.71. The van der Waals surface area contributed by atoms with Crippen molar-refractivity contribution in [1.82, 2.24) is 0 Å². The largest absolute Gasteiger partial charge is 0.485 e. The highest BCUT2D eigenvalue weighted by Gasteiger charge is 2.10. The minimum absolute atomic E-state index is 0.684. The summed E-state index contributed by atoms with van der Waals surface area (Å²) in [6.45, 7) is 3.37. The Morgan fingerprint density at radius 1 is 1.36 bits per heavy atom. The van der Waals surface area contributed by atoms with Gasteiger partial charge in [0.15, 0.2) is 5.75 Å². The van der Waals surface area contributed by atoms with Crippen molar-refractivity contribution in [3.63, 3.8) is 0 Å². The number of rotatable bonds is 0. The molecule has 1 aliphatic heterocycles. The predicted octanol–water partition coefficient (Wildman–Crippen LogP) is 1.33. The standard InChI is InChI=1S/C6H6O2S.CH2O/c1-4-9-6-5(1)7-2-3-8-6;1-2/h1,4H,2-3H2;1H2. The van der Waals surface area contributed by atoms with Gasteiger partial charge in [0.25, 0.3) is 0 Å². The Morgan fingerprint density at radius 3 is 2.82 bits per heavy atom. The molecule has 0 saturated carbocycles. The fourth-order valence-corrected chi connectivity index (χ4v) is 1.49. The van der Waals surface area contributed by atoms with Crippen molar-refractivity contribution >= 4 is 18.1 Å². The number of ether oxygens (including phenoxy) is 2. The molecule has 0 saturated heterocycles. The second kappa shape index (κ2) is 3.98. The minimum Gasteiger partial charge on any atom is -0.485 e. The molecular weight excluding hydrogens is 164 g/mol. The first-order valence-electron chi connectivity index (χ1n) is 3.09. The lowest BCUT2D eigenvalue weighted by atomic mass is 10.5. The van der Waals surface area contributed by atoms with E-state index < -0.39 is 0 Å². The summed E-state index contributed by atoms with van der Waals surface area (Å²) in [5.74, 6) is 0.895. The zero-order valence-electron chi connectivity index (χ0n) is 5.91. The van der Waals surface area contributed by atoms with Gasteiger partial charge in [0.1, 0.15) is 20.0 Å². The lowest BCUT2D eigenvalue weighted by Crippen LogP contribution is -2.13. The Kier molecular flexibility index (Phi) is 2.92. The molecule has 0 radical (unpaired) electrons. The van der Waals surface area contributed by atoms with Gasteiger partial charge in [0, 0.05) is 0 Å². The Balaban J connectivity index is 0.000000281. The van der Waals surface area contributed by atoms with Crippen LogP contribution in [0.3, 0.4) is 0 Å². The molecule has 0 aliphatic carbocycles. The zero-order chi connectivity index (χ0) is 8.10. The van der Waals surface area contributed by atoms with Crippen LogP contribution in [0.15, 0.2) is 11.4 Å². The second-order valence-corrected chi connectivity index (χ2v) is 2.65. The molecule has 4 heteroatoms. The van der Waals surface area contributed by atoms with E-state index in [4.69, 9.17) is 14.3 Å². The van der Waals surface area contributed by atoms with E-state index in [0.29, 0.717) is 13.2 Å². The molecule has 0 spiro atoms. The van der Waals surface area contributed by atoms with Crippen LogP contribution in [0.4, 0.5) is 0 Å². The maximum Gasteiger partial charge on any atom is 0.217 e. The normalized spacial score (nSPS) is 13.1. The van der Waals surface area contributed by atoms with Crippen molar-refractivity contribution in [2.24, 2.45) is 0 Å². The van der Waals surface area contributed by atoms with Gasteiger partial charge in [-0.1, -0.05) is 0 Å². The topological polar surface area (TPSA) is 35.5 Å². The second-order valence-electron chi connectivity index (χ2n) is 1.77. The summed E-state index contributed by atoms with van der Waals surface area (Å²) < 4.78 is 10.5. The quantitative estimate of drug-likeness (QED) is 0.592. The van der Waals surface area contributed by atoms with Crippen molar-refractivity contribution in [2.45, 2.75) is 0 Å². The van der Waals surface area contributed by atoms with E-state index in [1.165, 1.54) is 0 Å². The van der Waals surface area contributed by atoms with Crippen LogP contribution < -0.4 is 9.47 Å². The van der Waals surface area contributed by atoms with E-state index in [2.05, 4.69) is 0 Å².